The molecule has 0 spiro atoms. The van der Waals surface area contributed by atoms with Gasteiger partial charge in [-0.25, -0.2) is 0 Å². The van der Waals surface area contributed by atoms with E-state index in [2.05, 4.69) is 0 Å². The van der Waals surface area contributed by atoms with Gasteiger partial charge in [-0.2, -0.15) is 0 Å². The minimum atomic E-state index is 0.300. The van der Waals surface area contributed by atoms with Gasteiger partial charge >= 0.3 is 49.9 Å². The van der Waals surface area contributed by atoms with Crippen LogP contribution in [0.4, 0.5) is 0 Å². The van der Waals surface area contributed by atoms with Crippen molar-refractivity contribution in [2.75, 3.05) is 0 Å². The van der Waals surface area contributed by atoms with Crippen LogP contribution in [0.15, 0.2) is 0 Å². The van der Waals surface area contributed by atoms with Gasteiger partial charge in [-0.15, -0.1) is 0 Å². The zero-order valence-electron chi connectivity index (χ0n) is 1.62. The number of hydrogen-bond acceptors (Lipinski definition) is 2. The van der Waals surface area contributed by atoms with E-state index >= 15 is 0 Å². The Morgan fingerprint density at radius 3 is 1.25 bits per heavy atom. The zero-order valence-corrected chi connectivity index (χ0v) is 5.95. The Kier molecular flexibility index (Phi) is 70.2. The summed E-state index contributed by atoms with van der Waals surface area (Å²) < 4.78 is 16.4. The monoisotopic (exact) mass is 259 g/mol. The Balaban J connectivity index is 0. The van der Waals surface area contributed by atoms with Crippen LogP contribution in [0.1, 0.15) is 0 Å². The Bertz CT molecular complexity index is 8.00. The molecule has 2 radical (unpaired) electrons. The Hall–Kier alpha value is 1.14. The van der Waals surface area contributed by atoms with Gasteiger partial charge in [0, 0.05) is 0 Å². The molecule has 0 aromatic heterocycles. The summed E-state index contributed by atoms with van der Waals surface area (Å²) in [5.41, 5.74) is 0. The van der Waals surface area contributed by atoms with Gasteiger partial charge < -0.3 is 0 Å². The molecule has 0 N–H and O–H groups in total. The van der Waals surface area contributed by atoms with Crippen molar-refractivity contribution in [1.29, 1.82) is 0 Å². The molecule has 0 heterocycles. The van der Waals surface area contributed by atoms with Gasteiger partial charge in [0.2, 0.25) is 0 Å². The van der Waals surface area contributed by atoms with Crippen molar-refractivity contribution in [3.63, 3.8) is 0 Å². The first-order chi connectivity index (χ1) is 2.00. The molecule has 0 aliphatic carbocycles. The summed E-state index contributed by atoms with van der Waals surface area (Å²) in [6, 6.07) is 0. The zero-order chi connectivity index (χ0) is 4.00. The van der Waals surface area contributed by atoms with Gasteiger partial charge in [0.15, 0.2) is 0 Å². The molecule has 0 bridgehead atoms. The maximum absolute atomic E-state index is 8.34. The van der Waals surface area contributed by atoms with Gasteiger partial charge in [-0.05, 0) is 0 Å². The van der Waals surface area contributed by atoms with Gasteiger partial charge in [0.25, 0.3) is 0 Å². The summed E-state index contributed by atoms with van der Waals surface area (Å²) in [5, 5.41) is 0. The molecule has 0 aromatic carbocycles. The summed E-state index contributed by atoms with van der Waals surface area (Å²) in [6.07, 6.45) is 0. The minimum absolute atomic E-state index is 0.300. The molecule has 0 amide bonds. The first-order valence-electron chi connectivity index (χ1n) is 0.327. The van der Waals surface area contributed by atoms with Crippen LogP contribution in [0.2, 0.25) is 0 Å². The van der Waals surface area contributed by atoms with Crippen LogP contribution >= 0.6 is 0 Å². The SMILES string of the molecule is [O]=[Ag].[O]=[Sn]. The van der Waals surface area contributed by atoms with Crippen LogP contribution in [0.5, 0.6) is 0 Å². The van der Waals surface area contributed by atoms with E-state index in [0.717, 1.165) is 0 Å². The van der Waals surface area contributed by atoms with Crippen LogP contribution in [-0.4, -0.2) is 22.5 Å². The van der Waals surface area contributed by atoms with Crippen LogP contribution < -0.4 is 0 Å². The third-order valence-electron chi connectivity index (χ3n) is 0. The van der Waals surface area contributed by atoms with E-state index in [0.29, 0.717) is 22.5 Å². The van der Waals surface area contributed by atoms with Crippen molar-refractivity contribution < 1.29 is 27.4 Å². The molecule has 0 saturated heterocycles. The third-order valence-corrected chi connectivity index (χ3v) is 0. The molecular weight excluding hydrogens is 259 g/mol. The normalized spacial score (nSPS) is 2.50. The molecule has 4 heavy (non-hydrogen) atoms. The molecule has 0 unspecified atom stereocenters. The van der Waals surface area contributed by atoms with Crippen molar-refractivity contribution >= 4 is 22.5 Å². The molecule has 0 saturated carbocycles. The second-order valence-electron chi connectivity index (χ2n) is 0. The molecule has 4 heteroatoms. The molecule has 0 aliphatic heterocycles. The maximum atomic E-state index is 8.34. The fourth-order valence-corrected chi connectivity index (χ4v) is 0. The predicted molar refractivity (Wildman–Crippen MR) is 7.13 cm³/mol. The fourth-order valence-electron chi connectivity index (χ4n) is 0. The van der Waals surface area contributed by atoms with E-state index in [4.69, 9.17) is 6.33 Å². The molecule has 0 aromatic rings. The van der Waals surface area contributed by atoms with Crippen LogP contribution in [0.3, 0.4) is 0 Å². The summed E-state index contributed by atoms with van der Waals surface area (Å²) in [7, 11) is 0. The van der Waals surface area contributed by atoms with Gasteiger partial charge in [0.05, 0.1) is 0 Å². The standard InChI is InChI=1S/Ag.2O.Sn. The van der Waals surface area contributed by atoms with Crippen LogP contribution in [0.25, 0.3) is 0 Å². The number of rotatable bonds is 0. The molecule has 0 rings (SSSR count). The van der Waals surface area contributed by atoms with Gasteiger partial charge in [-0.1, -0.05) is 0 Å². The average molecular weight is 259 g/mol. The van der Waals surface area contributed by atoms with Gasteiger partial charge in [-0.3, -0.25) is 0 Å². The molecular formula is AgO2Sn. The van der Waals surface area contributed by atoms with Crippen molar-refractivity contribution in [2.45, 2.75) is 0 Å². The topological polar surface area (TPSA) is 34.1 Å². The van der Waals surface area contributed by atoms with E-state index < -0.39 is 0 Å². The fraction of sp³-hybridized carbons (Fsp3) is 0. The molecule has 27 valence electrons. The quantitative estimate of drug-likeness (QED) is 0.543. The second kappa shape index (κ2) is 31.4. The van der Waals surface area contributed by atoms with Gasteiger partial charge in [0.1, 0.15) is 0 Å². The summed E-state index contributed by atoms with van der Waals surface area (Å²) in [6.45, 7) is 0. The van der Waals surface area contributed by atoms with Crippen LogP contribution in [-0.2, 0) is 27.4 Å². The van der Waals surface area contributed by atoms with E-state index in [-0.39, 0.29) is 0 Å². The molecule has 0 aliphatic rings. The van der Waals surface area contributed by atoms with E-state index in [1.807, 2.05) is 0 Å². The Labute approximate surface area is 49.7 Å². The Morgan fingerprint density at radius 2 is 1.25 bits per heavy atom. The van der Waals surface area contributed by atoms with Crippen molar-refractivity contribution in [1.82, 2.24) is 0 Å². The Morgan fingerprint density at radius 1 is 1.25 bits per heavy atom. The van der Waals surface area contributed by atoms with Crippen molar-refractivity contribution in [3.8, 4) is 0 Å². The van der Waals surface area contributed by atoms with E-state index in [9.17, 15) is 0 Å². The predicted octanol–water partition coefficient (Wildman–Crippen LogP) is -0.621. The van der Waals surface area contributed by atoms with Crippen LogP contribution in [0, 0.1) is 0 Å². The summed E-state index contributed by atoms with van der Waals surface area (Å²) in [5.74, 6) is 0. The van der Waals surface area contributed by atoms with E-state index in [1.165, 1.54) is 0 Å². The molecule has 2 nitrogen and oxygen atoms in total. The molecule has 0 fully saturated rings. The van der Waals surface area contributed by atoms with Crippen molar-refractivity contribution in [2.24, 2.45) is 0 Å². The van der Waals surface area contributed by atoms with E-state index in [1.54, 1.807) is 21.0 Å². The summed E-state index contributed by atoms with van der Waals surface area (Å²) >= 11 is 2.00. The second-order valence-corrected chi connectivity index (χ2v) is 0. The number of hydrogen-bond donors (Lipinski definition) is 0. The summed E-state index contributed by atoms with van der Waals surface area (Å²) in [4.78, 5) is 0. The molecule has 0 atom stereocenters. The average Bonchev–Trinajstić information content (AvgIpc) is 1.50. The first-order valence-corrected chi connectivity index (χ1v) is 2.10. The first kappa shape index (κ1) is 8.93. The van der Waals surface area contributed by atoms with Crippen molar-refractivity contribution in [3.05, 3.63) is 0 Å². The third kappa shape index (κ3) is 11.1.